The summed E-state index contributed by atoms with van der Waals surface area (Å²) in [5.41, 5.74) is 7.56. The summed E-state index contributed by atoms with van der Waals surface area (Å²) in [7, 11) is 0. The maximum absolute atomic E-state index is 6.20. The molecule has 1 aromatic carbocycles. The Balaban J connectivity index is 2.25. The summed E-state index contributed by atoms with van der Waals surface area (Å²) in [5, 5.41) is 0. The van der Waals surface area contributed by atoms with Gasteiger partial charge in [-0.05, 0) is 25.8 Å². The fourth-order valence-corrected chi connectivity index (χ4v) is 2.51. The molecule has 15 heavy (non-hydrogen) atoms. The summed E-state index contributed by atoms with van der Waals surface area (Å²) in [6.07, 6.45) is 1.11. The molecule has 0 aromatic heterocycles. The molecule has 82 valence electrons. The second kappa shape index (κ2) is 4.33. The van der Waals surface area contributed by atoms with Crippen molar-refractivity contribution in [1.29, 1.82) is 0 Å². The monoisotopic (exact) mass is 204 g/mol. The third-order valence-corrected chi connectivity index (χ3v) is 3.29. The van der Waals surface area contributed by atoms with Crippen LogP contribution in [0.2, 0.25) is 0 Å². The topological polar surface area (TPSA) is 29.3 Å². The summed E-state index contributed by atoms with van der Waals surface area (Å²) < 4.78 is 0. The minimum Gasteiger partial charge on any atom is -0.326 e. The van der Waals surface area contributed by atoms with Crippen molar-refractivity contribution in [3.05, 3.63) is 35.9 Å². The van der Waals surface area contributed by atoms with Crippen LogP contribution >= 0.6 is 0 Å². The van der Waals surface area contributed by atoms with E-state index in [4.69, 9.17) is 5.73 Å². The second-order valence-corrected chi connectivity index (χ2v) is 4.64. The zero-order valence-electron chi connectivity index (χ0n) is 9.56. The first-order chi connectivity index (χ1) is 7.20. The van der Waals surface area contributed by atoms with E-state index in [0.29, 0.717) is 12.1 Å². The summed E-state index contributed by atoms with van der Waals surface area (Å²) >= 11 is 0. The molecule has 2 nitrogen and oxygen atoms in total. The van der Waals surface area contributed by atoms with Crippen LogP contribution in [0.3, 0.4) is 0 Å². The Morgan fingerprint density at radius 1 is 1.27 bits per heavy atom. The van der Waals surface area contributed by atoms with E-state index in [2.05, 4.69) is 49.1 Å². The van der Waals surface area contributed by atoms with Crippen molar-refractivity contribution in [2.45, 2.75) is 38.4 Å². The molecule has 0 bridgehead atoms. The lowest BCUT2D eigenvalue weighted by molar-refractivity contribution is 0.198. The van der Waals surface area contributed by atoms with Crippen LogP contribution in [0.5, 0.6) is 0 Å². The smallest absolute Gasteiger partial charge is 0.0502 e. The molecule has 2 N–H and O–H groups in total. The van der Waals surface area contributed by atoms with Crippen LogP contribution in [0, 0.1) is 0 Å². The third-order valence-electron chi connectivity index (χ3n) is 3.29. The van der Waals surface area contributed by atoms with E-state index in [1.165, 1.54) is 5.56 Å². The minimum atomic E-state index is 0.287. The van der Waals surface area contributed by atoms with Crippen molar-refractivity contribution in [1.82, 2.24) is 4.90 Å². The highest BCUT2D eigenvalue weighted by atomic mass is 15.2. The number of likely N-dealkylation sites (tertiary alicyclic amines) is 1. The number of nitrogens with zero attached hydrogens (tertiary/aromatic N) is 1. The largest absolute Gasteiger partial charge is 0.326 e. The fourth-order valence-electron chi connectivity index (χ4n) is 2.51. The standard InChI is InChI=1S/C13H20N2/c1-10(2)15-9-8-12(14)13(15)11-6-4-3-5-7-11/h3-7,10,12-13H,8-9,14H2,1-2H3. The second-order valence-electron chi connectivity index (χ2n) is 4.64. The first kappa shape index (κ1) is 10.7. The molecule has 0 amide bonds. The summed E-state index contributed by atoms with van der Waals surface area (Å²) in [6, 6.07) is 11.9. The van der Waals surface area contributed by atoms with Crippen LogP contribution in [-0.2, 0) is 0 Å². The molecule has 2 rings (SSSR count). The summed E-state index contributed by atoms with van der Waals surface area (Å²) in [6.45, 7) is 5.61. The van der Waals surface area contributed by atoms with Gasteiger partial charge in [0.2, 0.25) is 0 Å². The van der Waals surface area contributed by atoms with Crippen LogP contribution in [-0.4, -0.2) is 23.5 Å². The van der Waals surface area contributed by atoms with Crippen molar-refractivity contribution in [3.63, 3.8) is 0 Å². The van der Waals surface area contributed by atoms with Gasteiger partial charge in [-0.2, -0.15) is 0 Å². The summed E-state index contributed by atoms with van der Waals surface area (Å²) in [4.78, 5) is 2.50. The van der Waals surface area contributed by atoms with Crippen molar-refractivity contribution < 1.29 is 0 Å². The molecule has 0 saturated carbocycles. The molecule has 1 aromatic rings. The first-order valence-electron chi connectivity index (χ1n) is 5.76. The highest BCUT2D eigenvalue weighted by molar-refractivity contribution is 5.22. The Hall–Kier alpha value is -0.860. The van der Waals surface area contributed by atoms with Gasteiger partial charge in [-0.25, -0.2) is 0 Å². The van der Waals surface area contributed by atoms with Gasteiger partial charge in [-0.15, -0.1) is 0 Å². The Morgan fingerprint density at radius 3 is 2.53 bits per heavy atom. The van der Waals surface area contributed by atoms with Gasteiger partial charge in [0.15, 0.2) is 0 Å². The molecule has 2 heteroatoms. The van der Waals surface area contributed by atoms with Gasteiger partial charge in [-0.3, -0.25) is 4.90 Å². The third kappa shape index (κ3) is 2.06. The average Bonchev–Trinajstić information content (AvgIpc) is 2.61. The molecule has 2 unspecified atom stereocenters. The van der Waals surface area contributed by atoms with Gasteiger partial charge in [0.1, 0.15) is 0 Å². The molecule has 2 atom stereocenters. The number of rotatable bonds is 2. The van der Waals surface area contributed by atoms with Crippen molar-refractivity contribution >= 4 is 0 Å². The minimum absolute atomic E-state index is 0.287. The highest BCUT2D eigenvalue weighted by Gasteiger charge is 2.33. The Labute approximate surface area is 92.1 Å². The van der Waals surface area contributed by atoms with E-state index >= 15 is 0 Å². The van der Waals surface area contributed by atoms with Crippen LogP contribution in [0.25, 0.3) is 0 Å². The SMILES string of the molecule is CC(C)N1CCC(N)C1c1ccccc1. The molecular weight excluding hydrogens is 184 g/mol. The van der Waals surface area contributed by atoms with Gasteiger partial charge >= 0.3 is 0 Å². The maximum Gasteiger partial charge on any atom is 0.0502 e. The van der Waals surface area contributed by atoms with Crippen LogP contribution in [0.4, 0.5) is 0 Å². The van der Waals surface area contributed by atoms with Crippen LogP contribution in [0.15, 0.2) is 30.3 Å². The lowest BCUT2D eigenvalue weighted by atomic mass is 10.0. The van der Waals surface area contributed by atoms with Gasteiger partial charge in [0.05, 0.1) is 6.04 Å². The quantitative estimate of drug-likeness (QED) is 0.800. The molecule has 1 saturated heterocycles. The Kier molecular flexibility index (Phi) is 3.08. The molecule has 0 spiro atoms. The molecular formula is C13H20N2. The average molecular weight is 204 g/mol. The lowest BCUT2D eigenvalue weighted by Gasteiger charge is -2.30. The van der Waals surface area contributed by atoms with E-state index in [0.717, 1.165) is 13.0 Å². The van der Waals surface area contributed by atoms with Crippen LogP contribution in [0.1, 0.15) is 31.9 Å². The molecule has 0 aliphatic carbocycles. The van der Waals surface area contributed by atoms with E-state index in [1.807, 2.05) is 0 Å². The molecule has 1 fully saturated rings. The normalized spacial score (nSPS) is 27.5. The predicted octanol–water partition coefficient (Wildman–Crippen LogP) is 2.17. The van der Waals surface area contributed by atoms with E-state index in [-0.39, 0.29) is 6.04 Å². The van der Waals surface area contributed by atoms with Gasteiger partial charge in [0.25, 0.3) is 0 Å². The Bertz CT molecular complexity index is 308. The lowest BCUT2D eigenvalue weighted by Crippen LogP contribution is -2.35. The molecule has 1 aliphatic rings. The van der Waals surface area contributed by atoms with Gasteiger partial charge < -0.3 is 5.73 Å². The zero-order valence-corrected chi connectivity index (χ0v) is 9.56. The van der Waals surface area contributed by atoms with Crippen molar-refractivity contribution in [3.8, 4) is 0 Å². The molecule has 1 heterocycles. The summed E-state index contributed by atoms with van der Waals surface area (Å²) in [5.74, 6) is 0. The van der Waals surface area contributed by atoms with E-state index in [9.17, 15) is 0 Å². The number of hydrogen-bond donors (Lipinski definition) is 1. The first-order valence-corrected chi connectivity index (χ1v) is 5.76. The van der Waals surface area contributed by atoms with Crippen molar-refractivity contribution in [2.75, 3.05) is 6.54 Å². The number of nitrogens with two attached hydrogens (primary N) is 1. The molecule has 0 radical (unpaired) electrons. The number of hydrogen-bond acceptors (Lipinski definition) is 2. The van der Waals surface area contributed by atoms with Crippen LogP contribution < -0.4 is 5.73 Å². The van der Waals surface area contributed by atoms with Crippen molar-refractivity contribution in [2.24, 2.45) is 5.73 Å². The van der Waals surface area contributed by atoms with E-state index < -0.39 is 0 Å². The number of benzene rings is 1. The van der Waals surface area contributed by atoms with Gasteiger partial charge in [0, 0.05) is 18.6 Å². The zero-order chi connectivity index (χ0) is 10.8. The van der Waals surface area contributed by atoms with Gasteiger partial charge in [-0.1, -0.05) is 30.3 Å². The Morgan fingerprint density at radius 2 is 1.93 bits per heavy atom. The van der Waals surface area contributed by atoms with E-state index in [1.54, 1.807) is 0 Å². The predicted molar refractivity (Wildman–Crippen MR) is 63.6 cm³/mol. The molecule has 1 aliphatic heterocycles. The highest BCUT2D eigenvalue weighted by Crippen LogP contribution is 2.32. The fraction of sp³-hybridized carbons (Fsp3) is 0.538. The maximum atomic E-state index is 6.20.